The molecule has 0 saturated heterocycles. The first-order valence-corrected chi connectivity index (χ1v) is 6.45. The zero-order valence-electron chi connectivity index (χ0n) is 11.3. The standard InChI is InChI=1S/C14H21N3O/c1-4-18-9-14-16-12-7-11(8-15)5-6-13(12)17(14)10(2)3/h5-7,10H,4,8-9,15H2,1-3H3. The Balaban J connectivity index is 2.51. The molecule has 0 bridgehead atoms. The summed E-state index contributed by atoms with van der Waals surface area (Å²) in [5, 5.41) is 0. The second kappa shape index (κ2) is 5.50. The minimum absolute atomic E-state index is 0.370. The average Bonchev–Trinajstić information content (AvgIpc) is 2.73. The van der Waals surface area contributed by atoms with Gasteiger partial charge in [-0.05, 0) is 38.5 Å². The van der Waals surface area contributed by atoms with Crippen molar-refractivity contribution in [2.24, 2.45) is 5.73 Å². The van der Waals surface area contributed by atoms with E-state index < -0.39 is 0 Å². The average molecular weight is 247 g/mol. The van der Waals surface area contributed by atoms with Crippen molar-refractivity contribution >= 4 is 11.0 Å². The predicted molar refractivity (Wildman–Crippen MR) is 73.3 cm³/mol. The molecule has 0 aliphatic carbocycles. The molecule has 0 aliphatic heterocycles. The highest BCUT2D eigenvalue weighted by atomic mass is 16.5. The number of aromatic nitrogens is 2. The zero-order chi connectivity index (χ0) is 13.1. The molecular formula is C14H21N3O. The van der Waals surface area contributed by atoms with E-state index in [9.17, 15) is 0 Å². The summed E-state index contributed by atoms with van der Waals surface area (Å²) >= 11 is 0. The molecule has 98 valence electrons. The summed E-state index contributed by atoms with van der Waals surface area (Å²) in [6.45, 7) is 8.12. The fraction of sp³-hybridized carbons (Fsp3) is 0.500. The van der Waals surface area contributed by atoms with Crippen LogP contribution in [0.5, 0.6) is 0 Å². The molecule has 1 aromatic heterocycles. The molecule has 1 heterocycles. The summed E-state index contributed by atoms with van der Waals surface area (Å²) in [6, 6.07) is 6.59. The van der Waals surface area contributed by atoms with E-state index in [4.69, 9.17) is 10.5 Å². The van der Waals surface area contributed by atoms with Crippen LogP contribution in [0.4, 0.5) is 0 Å². The van der Waals surface area contributed by atoms with Crippen LogP contribution in [-0.2, 0) is 17.9 Å². The number of hydrogen-bond acceptors (Lipinski definition) is 3. The molecule has 0 atom stereocenters. The number of fused-ring (bicyclic) bond motifs is 1. The van der Waals surface area contributed by atoms with Gasteiger partial charge in [0.15, 0.2) is 0 Å². The van der Waals surface area contributed by atoms with Gasteiger partial charge in [-0.25, -0.2) is 4.98 Å². The van der Waals surface area contributed by atoms with Crippen molar-refractivity contribution in [1.29, 1.82) is 0 Å². The fourth-order valence-electron chi connectivity index (χ4n) is 2.19. The Morgan fingerprint density at radius 3 is 2.78 bits per heavy atom. The summed E-state index contributed by atoms with van der Waals surface area (Å²) in [5.41, 5.74) is 8.93. The highest BCUT2D eigenvalue weighted by molar-refractivity contribution is 5.77. The Bertz CT molecular complexity index is 531. The summed E-state index contributed by atoms with van der Waals surface area (Å²) in [6.07, 6.45) is 0. The quantitative estimate of drug-likeness (QED) is 0.883. The van der Waals surface area contributed by atoms with E-state index in [-0.39, 0.29) is 0 Å². The lowest BCUT2D eigenvalue weighted by Crippen LogP contribution is -2.07. The molecule has 4 heteroatoms. The van der Waals surface area contributed by atoms with E-state index in [0.717, 1.165) is 22.4 Å². The predicted octanol–water partition coefficient (Wildman–Crippen LogP) is 2.61. The molecular weight excluding hydrogens is 226 g/mol. The van der Waals surface area contributed by atoms with Gasteiger partial charge in [0.1, 0.15) is 12.4 Å². The molecule has 1 aromatic carbocycles. The molecule has 2 rings (SSSR count). The molecule has 0 spiro atoms. The van der Waals surface area contributed by atoms with Crippen molar-refractivity contribution in [2.75, 3.05) is 6.61 Å². The van der Waals surface area contributed by atoms with Crippen LogP contribution in [0.3, 0.4) is 0 Å². The molecule has 0 fully saturated rings. The highest BCUT2D eigenvalue weighted by Gasteiger charge is 2.13. The van der Waals surface area contributed by atoms with E-state index in [1.165, 1.54) is 0 Å². The summed E-state index contributed by atoms with van der Waals surface area (Å²) in [4.78, 5) is 4.66. The number of imidazole rings is 1. The smallest absolute Gasteiger partial charge is 0.136 e. The maximum Gasteiger partial charge on any atom is 0.136 e. The first-order chi connectivity index (χ1) is 8.67. The molecule has 0 radical (unpaired) electrons. The fourth-order valence-corrected chi connectivity index (χ4v) is 2.19. The number of rotatable bonds is 5. The molecule has 2 aromatic rings. The Kier molecular flexibility index (Phi) is 3.99. The Morgan fingerprint density at radius 1 is 1.39 bits per heavy atom. The number of nitrogens with zero attached hydrogens (tertiary/aromatic N) is 2. The van der Waals surface area contributed by atoms with Crippen LogP contribution in [0, 0.1) is 0 Å². The third-order valence-electron chi connectivity index (χ3n) is 3.01. The Morgan fingerprint density at radius 2 is 2.17 bits per heavy atom. The van der Waals surface area contributed by atoms with Crippen LogP contribution in [0.15, 0.2) is 18.2 Å². The molecule has 0 amide bonds. The van der Waals surface area contributed by atoms with Crippen molar-refractivity contribution in [3.8, 4) is 0 Å². The van der Waals surface area contributed by atoms with Gasteiger partial charge in [0, 0.05) is 19.2 Å². The van der Waals surface area contributed by atoms with Crippen molar-refractivity contribution in [3.05, 3.63) is 29.6 Å². The maximum absolute atomic E-state index is 5.67. The number of benzene rings is 1. The van der Waals surface area contributed by atoms with Crippen LogP contribution >= 0.6 is 0 Å². The van der Waals surface area contributed by atoms with E-state index >= 15 is 0 Å². The van der Waals surface area contributed by atoms with Crippen molar-refractivity contribution in [2.45, 2.75) is 40.0 Å². The van der Waals surface area contributed by atoms with Crippen LogP contribution in [0.25, 0.3) is 11.0 Å². The number of ether oxygens (including phenoxy) is 1. The van der Waals surface area contributed by atoms with Gasteiger partial charge < -0.3 is 15.0 Å². The maximum atomic E-state index is 5.67. The normalized spacial score (nSPS) is 11.6. The lowest BCUT2D eigenvalue weighted by Gasteiger charge is -2.12. The largest absolute Gasteiger partial charge is 0.374 e. The van der Waals surface area contributed by atoms with Gasteiger partial charge in [-0.2, -0.15) is 0 Å². The molecule has 18 heavy (non-hydrogen) atoms. The molecule has 2 N–H and O–H groups in total. The van der Waals surface area contributed by atoms with Crippen LogP contribution < -0.4 is 5.73 Å². The van der Waals surface area contributed by atoms with E-state index in [1.807, 2.05) is 6.92 Å². The number of hydrogen-bond donors (Lipinski definition) is 1. The topological polar surface area (TPSA) is 53.1 Å². The monoisotopic (exact) mass is 247 g/mol. The van der Waals surface area contributed by atoms with Gasteiger partial charge in [0.2, 0.25) is 0 Å². The van der Waals surface area contributed by atoms with Crippen LogP contribution in [-0.4, -0.2) is 16.2 Å². The van der Waals surface area contributed by atoms with Crippen molar-refractivity contribution in [3.63, 3.8) is 0 Å². The summed E-state index contributed by atoms with van der Waals surface area (Å²) in [5.74, 6) is 0.982. The first kappa shape index (κ1) is 13.1. The van der Waals surface area contributed by atoms with Crippen LogP contribution in [0.2, 0.25) is 0 Å². The van der Waals surface area contributed by atoms with Crippen molar-refractivity contribution in [1.82, 2.24) is 9.55 Å². The highest BCUT2D eigenvalue weighted by Crippen LogP contribution is 2.22. The molecule has 0 saturated carbocycles. The molecule has 0 aliphatic rings. The third-order valence-corrected chi connectivity index (χ3v) is 3.01. The first-order valence-electron chi connectivity index (χ1n) is 6.45. The Labute approximate surface area is 108 Å². The van der Waals surface area contributed by atoms with E-state index in [1.54, 1.807) is 0 Å². The summed E-state index contributed by atoms with van der Waals surface area (Å²) in [7, 11) is 0. The minimum Gasteiger partial charge on any atom is -0.374 e. The number of nitrogens with two attached hydrogens (primary N) is 1. The van der Waals surface area contributed by atoms with Gasteiger partial charge in [0.25, 0.3) is 0 Å². The van der Waals surface area contributed by atoms with Gasteiger partial charge in [-0.15, -0.1) is 0 Å². The lowest BCUT2D eigenvalue weighted by molar-refractivity contribution is 0.125. The Hall–Kier alpha value is -1.39. The van der Waals surface area contributed by atoms with Gasteiger partial charge in [-0.1, -0.05) is 6.07 Å². The minimum atomic E-state index is 0.370. The third kappa shape index (κ3) is 2.40. The molecule has 0 unspecified atom stereocenters. The SMILES string of the molecule is CCOCc1nc2cc(CN)ccc2n1C(C)C. The molecule has 4 nitrogen and oxygen atoms in total. The second-order valence-electron chi connectivity index (χ2n) is 4.66. The van der Waals surface area contributed by atoms with Gasteiger partial charge in [0.05, 0.1) is 11.0 Å². The zero-order valence-corrected chi connectivity index (χ0v) is 11.3. The van der Waals surface area contributed by atoms with Gasteiger partial charge >= 0.3 is 0 Å². The van der Waals surface area contributed by atoms with Gasteiger partial charge in [-0.3, -0.25) is 0 Å². The lowest BCUT2D eigenvalue weighted by atomic mass is 10.2. The van der Waals surface area contributed by atoms with Crippen LogP contribution in [0.1, 0.15) is 38.2 Å². The second-order valence-corrected chi connectivity index (χ2v) is 4.66. The van der Waals surface area contributed by atoms with E-state index in [0.29, 0.717) is 25.8 Å². The van der Waals surface area contributed by atoms with E-state index in [2.05, 4.69) is 41.6 Å². The summed E-state index contributed by atoms with van der Waals surface area (Å²) < 4.78 is 7.72. The van der Waals surface area contributed by atoms with Crippen molar-refractivity contribution < 1.29 is 4.74 Å².